The molecule has 0 bridgehead atoms. The molecular formula is C25H28FN5O3S. The molecule has 0 fully saturated rings. The van der Waals surface area contributed by atoms with Crippen molar-refractivity contribution in [3.63, 3.8) is 0 Å². The highest BCUT2D eigenvalue weighted by Gasteiger charge is 2.36. The van der Waals surface area contributed by atoms with E-state index in [9.17, 15) is 18.8 Å². The first-order valence-corrected chi connectivity index (χ1v) is 11.9. The third kappa shape index (κ3) is 6.02. The van der Waals surface area contributed by atoms with Gasteiger partial charge in [-0.25, -0.2) is 4.39 Å². The molecule has 0 unspecified atom stereocenters. The molecule has 0 saturated heterocycles. The molecule has 10 heteroatoms. The van der Waals surface area contributed by atoms with Crippen molar-refractivity contribution in [3.05, 3.63) is 76.0 Å². The lowest BCUT2D eigenvalue weighted by Crippen LogP contribution is -2.44. The van der Waals surface area contributed by atoms with Crippen LogP contribution in [0, 0.1) is 18.7 Å². The number of carbonyl (C=O) groups excluding carboxylic acids is 3. The summed E-state index contributed by atoms with van der Waals surface area (Å²) >= 11 is 0.714. The molecule has 3 amide bonds. The Morgan fingerprint density at radius 1 is 1.09 bits per heavy atom. The van der Waals surface area contributed by atoms with Gasteiger partial charge in [-0.1, -0.05) is 43.7 Å². The summed E-state index contributed by atoms with van der Waals surface area (Å²) in [5.74, 6) is -2.07. The monoisotopic (exact) mass is 497 g/mol. The van der Waals surface area contributed by atoms with Crippen molar-refractivity contribution in [3.8, 4) is 0 Å². The second-order valence-corrected chi connectivity index (χ2v) is 9.35. The van der Waals surface area contributed by atoms with Gasteiger partial charge in [0, 0.05) is 12.2 Å². The summed E-state index contributed by atoms with van der Waals surface area (Å²) in [6.45, 7) is 6.41. The second-order valence-electron chi connectivity index (χ2n) is 8.58. The van der Waals surface area contributed by atoms with Gasteiger partial charge in [-0.15, -0.1) is 0 Å². The van der Waals surface area contributed by atoms with Crippen LogP contribution in [0.5, 0.6) is 0 Å². The fraction of sp³-hybridized carbons (Fsp3) is 0.280. The molecule has 5 N–H and O–H groups in total. The number of nitrogens with two attached hydrogens (primary N) is 2. The molecule has 1 heterocycles. The minimum absolute atomic E-state index is 0.0461. The number of nitrogen functional groups attached to an aromatic ring is 1. The third-order valence-electron chi connectivity index (χ3n) is 5.40. The zero-order valence-corrected chi connectivity index (χ0v) is 20.6. The van der Waals surface area contributed by atoms with Gasteiger partial charge in [-0.2, -0.15) is 4.37 Å². The number of carbonyl (C=O) groups is 3. The largest absolute Gasteiger partial charge is 0.395 e. The number of benzene rings is 2. The van der Waals surface area contributed by atoms with E-state index in [-0.39, 0.29) is 21.9 Å². The van der Waals surface area contributed by atoms with Crippen molar-refractivity contribution in [1.29, 1.82) is 0 Å². The van der Waals surface area contributed by atoms with E-state index in [4.69, 9.17) is 11.5 Å². The fourth-order valence-electron chi connectivity index (χ4n) is 3.47. The zero-order valence-electron chi connectivity index (χ0n) is 19.7. The number of aryl methyl sites for hydroxylation is 1. The van der Waals surface area contributed by atoms with Gasteiger partial charge < -0.3 is 16.8 Å². The lowest BCUT2D eigenvalue weighted by molar-refractivity contribution is -0.122. The van der Waals surface area contributed by atoms with Crippen LogP contribution >= 0.6 is 11.5 Å². The lowest BCUT2D eigenvalue weighted by atomic mass is 10.0. The SMILES string of the molecule is Cc1ccc([C@H](C(=O)NCCC(C)C)N(C(=O)c2snc(C(N)=O)c2N)c2ccc(F)cc2)cc1. The Hall–Kier alpha value is -3.79. The molecule has 184 valence electrons. The van der Waals surface area contributed by atoms with Crippen LogP contribution in [0.4, 0.5) is 15.8 Å². The first-order valence-electron chi connectivity index (χ1n) is 11.1. The van der Waals surface area contributed by atoms with E-state index in [0.717, 1.165) is 12.0 Å². The van der Waals surface area contributed by atoms with E-state index in [1.54, 1.807) is 12.1 Å². The van der Waals surface area contributed by atoms with Crippen LogP contribution in [0.15, 0.2) is 48.5 Å². The first kappa shape index (κ1) is 25.8. The fourth-order valence-corrected chi connectivity index (χ4v) is 4.21. The van der Waals surface area contributed by atoms with E-state index in [1.165, 1.54) is 29.2 Å². The molecule has 0 aliphatic carbocycles. The van der Waals surface area contributed by atoms with Crippen molar-refractivity contribution < 1.29 is 18.8 Å². The number of rotatable bonds is 9. The van der Waals surface area contributed by atoms with Crippen molar-refractivity contribution in [2.45, 2.75) is 33.2 Å². The number of aromatic nitrogens is 1. The quantitative estimate of drug-likeness (QED) is 0.414. The Balaban J connectivity index is 2.14. The highest BCUT2D eigenvalue weighted by molar-refractivity contribution is 7.09. The molecule has 1 aromatic heterocycles. The average Bonchev–Trinajstić information content (AvgIpc) is 3.20. The number of hydrogen-bond acceptors (Lipinski definition) is 6. The minimum atomic E-state index is -1.10. The Bertz CT molecular complexity index is 1210. The maximum Gasteiger partial charge on any atom is 0.273 e. The predicted molar refractivity (Wildman–Crippen MR) is 135 cm³/mol. The Kier molecular flexibility index (Phi) is 8.18. The highest BCUT2D eigenvalue weighted by atomic mass is 32.1. The summed E-state index contributed by atoms with van der Waals surface area (Å²) in [6, 6.07) is 11.3. The van der Waals surface area contributed by atoms with Crippen LogP contribution in [0.3, 0.4) is 0 Å². The average molecular weight is 498 g/mol. The molecule has 2 aromatic carbocycles. The van der Waals surface area contributed by atoms with E-state index >= 15 is 0 Å². The van der Waals surface area contributed by atoms with Gasteiger partial charge in [0.25, 0.3) is 11.8 Å². The van der Waals surface area contributed by atoms with Gasteiger partial charge in [0.05, 0.1) is 5.69 Å². The van der Waals surface area contributed by atoms with Gasteiger partial charge >= 0.3 is 0 Å². The second kappa shape index (κ2) is 11.1. The van der Waals surface area contributed by atoms with E-state index < -0.39 is 29.6 Å². The maximum atomic E-state index is 13.8. The number of hydrogen-bond donors (Lipinski definition) is 3. The van der Waals surface area contributed by atoms with Crippen LogP contribution in [0.2, 0.25) is 0 Å². The molecule has 0 aliphatic rings. The Labute approximate surface area is 207 Å². The molecule has 35 heavy (non-hydrogen) atoms. The summed E-state index contributed by atoms with van der Waals surface area (Å²) in [6.07, 6.45) is 0.751. The molecule has 0 spiro atoms. The van der Waals surface area contributed by atoms with E-state index in [1.807, 2.05) is 32.9 Å². The lowest BCUT2D eigenvalue weighted by Gasteiger charge is -2.31. The summed E-state index contributed by atoms with van der Waals surface area (Å²) in [5.41, 5.74) is 12.8. The molecule has 1 atom stereocenters. The number of primary amides is 1. The third-order valence-corrected chi connectivity index (χ3v) is 6.25. The van der Waals surface area contributed by atoms with Crippen LogP contribution in [0.25, 0.3) is 0 Å². The van der Waals surface area contributed by atoms with Crippen LogP contribution in [0.1, 0.15) is 57.6 Å². The van der Waals surface area contributed by atoms with Crippen molar-refractivity contribution in [2.75, 3.05) is 17.2 Å². The first-order chi connectivity index (χ1) is 16.6. The zero-order chi connectivity index (χ0) is 25.7. The van der Waals surface area contributed by atoms with Gasteiger partial charge in [-0.3, -0.25) is 19.3 Å². The van der Waals surface area contributed by atoms with Gasteiger partial charge in [-0.05, 0) is 60.6 Å². The molecule has 0 aliphatic heterocycles. The highest BCUT2D eigenvalue weighted by Crippen LogP contribution is 2.33. The van der Waals surface area contributed by atoms with Crippen molar-refractivity contribution in [1.82, 2.24) is 9.69 Å². The number of nitrogens with zero attached hydrogens (tertiary/aromatic N) is 2. The summed E-state index contributed by atoms with van der Waals surface area (Å²) in [7, 11) is 0. The van der Waals surface area contributed by atoms with Crippen LogP contribution in [-0.4, -0.2) is 28.6 Å². The molecule has 0 radical (unpaired) electrons. The van der Waals surface area contributed by atoms with Gasteiger partial charge in [0.2, 0.25) is 5.91 Å². The molecule has 3 aromatic rings. The van der Waals surface area contributed by atoms with Crippen molar-refractivity contribution in [2.24, 2.45) is 11.7 Å². The standard InChI is InChI=1S/C25H28FN5O3S/c1-14(2)12-13-29-24(33)21(16-6-4-15(3)5-7-16)31(18-10-8-17(26)9-11-18)25(34)22-19(27)20(23(28)32)30-35-22/h4-11,14,21H,12-13,27H2,1-3H3,(H2,28,32)(H,29,33)/t21-/m1/s1. The van der Waals surface area contributed by atoms with Crippen molar-refractivity contribution >= 4 is 40.6 Å². The smallest absolute Gasteiger partial charge is 0.273 e. The number of halogens is 1. The minimum Gasteiger partial charge on any atom is -0.395 e. The van der Waals surface area contributed by atoms with Crippen LogP contribution < -0.4 is 21.7 Å². The normalized spacial score (nSPS) is 11.8. The van der Waals surface area contributed by atoms with Gasteiger partial charge in [0.1, 0.15) is 16.7 Å². The number of nitrogens with one attached hydrogen (secondary N) is 1. The maximum absolute atomic E-state index is 13.8. The van der Waals surface area contributed by atoms with Crippen LogP contribution in [-0.2, 0) is 4.79 Å². The van der Waals surface area contributed by atoms with E-state index in [0.29, 0.717) is 29.6 Å². The Morgan fingerprint density at radius 2 is 1.71 bits per heavy atom. The molecule has 3 rings (SSSR count). The number of amides is 3. The van der Waals surface area contributed by atoms with Gasteiger partial charge in [0.15, 0.2) is 5.69 Å². The Morgan fingerprint density at radius 3 is 2.26 bits per heavy atom. The summed E-state index contributed by atoms with van der Waals surface area (Å²) in [5, 5.41) is 2.91. The summed E-state index contributed by atoms with van der Waals surface area (Å²) < 4.78 is 17.7. The number of anilines is 2. The molecule has 8 nitrogen and oxygen atoms in total. The topological polar surface area (TPSA) is 131 Å². The molecule has 0 saturated carbocycles. The summed E-state index contributed by atoms with van der Waals surface area (Å²) in [4.78, 5) is 40.2. The predicted octanol–water partition coefficient (Wildman–Crippen LogP) is 3.82. The van der Waals surface area contributed by atoms with E-state index in [2.05, 4.69) is 9.69 Å². The molecular weight excluding hydrogens is 469 g/mol.